The van der Waals surface area contributed by atoms with Crippen molar-refractivity contribution in [1.82, 2.24) is 0 Å². The fourth-order valence-electron chi connectivity index (χ4n) is 4.29. The zero-order chi connectivity index (χ0) is 19.4. The molecule has 0 amide bonds. The molecule has 27 heavy (non-hydrogen) atoms. The number of rotatable bonds is 6. The summed E-state index contributed by atoms with van der Waals surface area (Å²) in [6.45, 7) is 4.12. The van der Waals surface area contributed by atoms with E-state index < -0.39 is 5.97 Å². The third-order valence-corrected chi connectivity index (χ3v) is 5.84. The van der Waals surface area contributed by atoms with Gasteiger partial charge in [-0.25, -0.2) is 4.79 Å². The highest BCUT2D eigenvalue weighted by atomic mass is 16.4. The second kappa shape index (κ2) is 8.51. The minimum absolute atomic E-state index is 0.0592. The summed E-state index contributed by atoms with van der Waals surface area (Å²) in [7, 11) is 0. The highest BCUT2D eigenvalue weighted by molar-refractivity contribution is 6.14. The maximum absolute atomic E-state index is 12.9. The molecule has 0 radical (unpaired) electrons. The number of aryl methyl sites for hydroxylation is 1. The van der Waals surface area contributed by atoms with E-state index in [1.807, 2.05) is 31.2 Å². The number of benzene rings is 2. The highest BCUT2D eigenvalue weighted by Gasteiger charge is 2.23. The molecule has 1 aliphatic rings. The SMILES string of the molecule is CCCC1CCC(c2ccc(C(=O)c3cc(C)ccc3C(=O)O)cc2)CC1. The summed E-state index contributed by atoms with van der Waals surface area (Å²) >= 11 is 0. The lowest BCUT2D eigenvalue weighted by atomic mass is 9.77. The standard InChI is InChI=1S/C24H28O3/c1-3-4-17-6-8-18(9-7-17)19-10-12-20(13-11-19)23(25)22-15-16(2)5-14-21(22)24(26)27/h5,10-15,17-18H,3-4,6-9H2,1-2H3,(H,26,27). The normalized spacial score (nSPS) is 19.6. The molecule has 0 aromatic heterocycles. The van der Waals surface area contributed by atoms with Gasteiger partial charge >= 0.3 is 5.97 Å². The van der Waals surface area contributed by atoms with Crippen molar-refractivity contribution in [3.05, 3.63) is 70.3 Å². The van der Waals surface area contributed by atoms with Gasteiger partial charge in [0.25, 0.3) is 0 Å². The quantitative estimate of drug-likeness (QED) is 0.640. The smallest absolute Gasteiger partial charge is 0.336 e. The number of hydrogen-bond acceptors (Lipinski definition) is 2. The van der Waals surface area contributed by atoms with Crippen LogP contribution in [0.5, 0.6) is 0 Å². The Hall–Kier alpha value is -2.42. The van der Waals surface area contributed by atoms with Crippen LogP contribution < -0.4 is 0 Å². The van der Waals surface area contributed by atoms with Crippen molar-refractivity contribution in [1.29, 1.82) is 0 Å². The summed E-state index contributed by atoms with van der Waals surface area (Å²) < 4.78 is 0. The van der Waals surface area contributed by atoms with E-state index in [2.05, 4.69) is 6.92 Å². The molecule has 3 heteroatoms. The summed E-state index contributed by atoms with van der Waals surface area (Å²) in [6.07, 6.45) is 7.64. The van der Waals surface area contributed by atoms with E-state index in [9.17, 15) is 14.7 Å². The monoisotopic (exact) mass is 364 g/mol. The van der Waals surface area contributed by atoms with Crippen molar-refractivity contribution in [2.75, 3.05) is 0 Å². The van der Waals surface area contributed by atoms with Gasteiger partial charge in [0, 0.05) is 11.1 Å². The minimum atomic E-state index is -1.07. The molecule has 2 aromatic rings. The number of carboxylic acids is 1. The van der Waals surface area contributed by atoms with Crippen molar-refractivity contribution < 1.29 is 14.7 Å². The van der Waals surface area contributed by atoms with E-state index >= 15 is 0 Å². The van der Waals surface area contributed by atoms with Crippen LogP contribution in [0.25, 0.3) is 0 Å². The molecule has 142 valence electrons. The van der Waals surface area contributed by atoms with Gasteiger partial charge in [0.2, 0.25) is 0 Å². The molecule has 0 unspecified atom stereocenters. The fraction of sp³-hybridized carbons (Fsp3) is 0.417. The highest BCUT2D eigenvalue weighted by Crippen LogP contribution is 2.37. The summed E-state index contributed by atoms with van der Waals surface area (Å²) in [4.78, 5) is 24.3. The Morgan fingerprint density at radius 3 is 2.22 bits per heavy atom. The van der Waals surface area contributed by atoms with Crippen LogP contribution in [0.1, 0.15) is 88.8 Å². The van der Waals surface area contributed by atoms with Gasteiger partial charge in [-0.2, -0.15) is 0 Å². The molecule has 0 heterocycles. The first-order valence-electron chi connectivity index (χ1n) is 9.98. The number of hydrogen-bond donors (Lipinski definition) is 1. The average Bonchev–Trinajstić information content (AvgIpc) is 2.68. The van der Waals surface area contributed by atoms with Gasteiger partial charge in [0.1, 0.15) is 0 Å². The van der Waals surface area contributed by atoms with Crippen LogP contribution >= 0.6 is 0 Å². The summed E-state index contributed by atoms with van der Waals surface area (Å²) in [6, 6.07) is 12.7. The molecule has 0 aliphatic heterocycles. The molecule has 1 N–H and O–H groups in total. The van der Waals surface area contributed by atoms with E-state index in [0.29, 0.717) is 11.5 Å². The van der Waals surface area contributed by atoms with Crippen molar-refractivity contribution in [3.8, 4) is 0 Å². The van der Waals surface area contributed by atoms with Crippen LogP contribution in [0.3, 0.4) is 0 Å². The lowest BCUT2D eigenvalue weighted by Crippen LogP contribution is -2.13. The van der Waals surface area contributed by atoms with E-state index in [1.54, 1.807) is 12.1 Å². The second-order valence-electron chi connectivity index (χ2n) is 7.81. The second-order valence-corrected chi connectivity index (χ2v) is 7.81. The van der Waals surface area contributed by atoms with E-state index in [-0.39, 0.29) is 16.9 Å². The number of aromatic carboxylic acids is 1. The maximum atomic E-state index is 12.9. The van der Waals surface area contributed by atoms with Crippen molar-refractivity contribution in [2.45, 2.75) is 58.3 Å². The Morgan fingerprint density at radius 1 is 0.963 bits per heavy atom. The Balaban J connectivity index is 1.75. The van der Waals surface area contributed by atoms with Crippen LogP contribution in [-0.4, -0.2) is 16.9 Å². The summed E-state index contributed by atoms with van der Waals surface area (Å²) in [5.41, 5.74) is 3.04. The van der Waals surface area contributed by atoms with Crippen LogP contribution in [0.2, 0.25) is 0 Å². The van der Waals surface area contributed by atoms with E-state index in [4.69, 9.17) is 0 Å². The zero-order valence-corrected chi connectivity index (χ0v) is 16.2. The number of carbonyl (C=O) groups excluding carboxylic acids is 1. The zero-order valence-electron chi connectivity index (χ0n) is 16.2. The van der Waals surface area contributed by atoms with Crippen LogP contribution in [0.15, 0.2) is 42.5 Å². The topological polar surface area (TPSA) is 54.4 Å². The Bertz CT molecular complexity index is 812. The lowest BCUT2D eigenvalue weighted by molar-refractivity contribution is 0.0693. The van der Waals surface area contributed by atoms with Gasteiger partial charge < -0.3 is 5.11 Å². The maximum Gasteiger partial charge on any atom is 0.336 e. The fourth-order valence-corrected chi connectivity index (χ4v) is 4.29. The van der Waals surface area contributed by atoms with E-state index in [1.165, 1.54) is 50.2 Å². The molecular formula is C24H28O3. The molecule has 0 atom stereocenters. The van der Waals surface area contributed by atoms with Gasteiger partial charge in [-0.05, 0) is 62.1 Å². The molecule has 0 saturated heterocycles. The first-order chi connectivity index (χ1) is 13.0. The first-order valence-corrected chi connectivity index (χ1v) is 9.98. The Morgan fingerprint density at radius 2 is 1.63 bits per heavy atom. The van der Waals surface area contributed by atoms with Gasteiger partial charge in [0.05, 0.1) is 5.56 Å². The first kappa shape index (κ1) is 19.3. The van der Waals surface area contributed by atoms with Crippen molar-refractivity contribution in [2.24, 2.45) is 5.92 Å². The molecule has 0 spiro atoms. The largest absolute Gasteiger partial charge is 0.478 e. The van der Waals surface area contributed by atoms with Gasteiger partial charge in [-0.1, -0.05) is 55.7 Å². The summed E-state index contributed by atoms with van der Waals surface area (Å²) in [5.74, 6) is 0.159. The molecule has 0 bridgehead atoms. The Labute approximate surface area is 161 Å². The minimum Gasteiger partial charge on any atom is -0.478 e. The van der Waals surface area contributed by atoms with Crippen LogP contribution in [0, 0.1) is 12.8 Å². The average molecular weight is 364 g/mol. The molecule has 1 saturated carbocycles. The molecular weight excluding hydrogens is 336 g/mol. The molecule has 1 fully saturated rings. The van der Waals surface area contributed by atoms with Gasteiger partial charge in [-0.15, -0.1) is 0 Å². The van der Waals surface area contributed by atoms with Crippen molar-refractivity contribution >= 4 is 11.8 Å². The predicted octanol–water partition coefficient (Wildman–Crippen LogP) is 6.00. The predicted molar refractivity (Wildman–Crippen MR) is 108 cm³/mol. The number of carbonyl (C=O) groups is 2. The van der Waals surface area contributed by atoms with Crippen LogP contribution in [-0.2, 0) is 0 Å². The van der Waals surface area contributed by atoms with Crippen LogP contribution in [0.4, 0.5) is 0 Å². The number of carboxylic acid groups (broad SMARTS) is 1. The third-order valence-electron chi connectivity index (χ3n) is 5.84. The number of ketones is 1. The lowest BCUT2D eigenvalue weighted by Gasteiger charge is -2.28. The summed E-state index contributed by atoms with van der Waals surface area (Å²) in [5, 5.41) is 9.37. The molecule has 3 nitrogen and oxygen atoms in total. The molecule has 3 rings (SSSR count). The third kappa shape index (κ3) is 4.47. The van der Waals surface area contributed by atoms with E-state index in [0.717, 1.165) is 11.5 Å². The van der Waals surface area contributed by atoms with Gasteiger partial charge in [0.15, 0.2) is 5.78 Å². The Kier molecular flexibility index (Phi) is 6.10. The molecule has 2 aromatic carbocycles. The molecule has 1 aliphatic carbocycles. The van der Waals surface area contributed by atoms with Gasteiger partial charge in [-0.3, -0.25) is 4.79 Å². The van der Waals surface area contributed by atoms with Crippen molar-refractivity contribution in [3.63, 3.8) is 0 Å².